The SMILES string of the molecule is COC(C)(C)CCC(=O)C1(N(C)C)CCC(C)CC1. The molecule has 0 spiro atoms. The highest BCUT2D eigenvalue weighted by atomic mass is 16.5. The number of hydrogen-bond donors (Lipinski definition) is 0. The predicted octanol–water partition coefficient (Wildman–Crippen LogP) is 3.27. The second-order valence-corrected chi connectivity index (χ2v) is 7.00. The number of methoxy groups -OCH3 is 1. The molecule has 19 heavy (non-hydrogen) atoms. The van der Waals surface area contributed by atoms with Gasteiger partial charge in [0.05, 0.1) is 11.1 Å². The van der Waals surface area contributed by atoms with Crippen LogP contribution < -0.4 is 0 Å². The Morgan fingerprint density at radius 2 is 1.84 bits per heavy atom. The number of ketones is 1. The molecule has 3 heteroatoms. The third kappa shape index (κ3) is 4.03. The molecular formula is C16H31NO2. The lowest BCUT2D eigenvalue weighted by Gasteiger charge is -2.43. The lowest BCUT2D eigenvalue weighted by molar-refractivity contribution is -0.133. The summed E-state index contributed by atoms with van der Waals surface area (Å²) in [6, 6.07) is 0. The van der Waals surface area contributed by atoms with Gasteiger partial charge in [0.25, 0.3) is 0 Å². The normalized spacial score (nSPS) is 28.7. The summed E-state index contributed by atoms with van der Waals surface area (Å²) in [5.74, 6) is 1.16. The van der Waals surface area contributed by atoms with Crippen LogP contribution in [-0.4, -0.2) is 43.0 Å². The van der Waals surface area contributed by atoms with E-state index in [1.54, 1.807) is 7.11 Å². The van der Waals surface area contributed by atoms with Gasteiger partial charge in [-0.25, -0.2) is 0 Å². The van der Waals surface area contributed by atoms with Gasteiger partial charge >= 0.3 is 0 Å². The smallest absolute Gasteiger partial charge is 0.153 e. The monoisotopic (exact) mass is 269 g/mol. The van der Waals surface area contributed by atoms with Gasteiger partial charge < -0.3 is 4.74 Å². The first-order valence-corrected chi connectivity index (χ1v) is 7.49. The fourth-order valence-electron chi connectivity index (χ4n) is 2.96. The quantitative estimate of drug-likeness (QED) is 0.741. The summed E-state index contributed by atoms with van der Waals surface area (Å²) in [6.07, 6.45) is 5.76. The van der Waals surface area contributed by atoms with Crippen LogP contribution in [0.15, 0.2) is 0 Å². The third-order valence-corrected chi connectivity index (χ3v) is 4.98. The van der Waals surface area contributed by atoms with Gasteiger partial charge in [-0.2, -0.15) is 0 Å². The molecule has 0 atom stereocenters. The molecule has 1 fully saturated rings. The minimum Gasteiger partial charge on any atom is -0.379 e. The Kier molecular flexibility index (Phi) is 5.57. The van der Waals surface area contributed by atoms with Gasteiger partial charge in [-0.05, 0) is 66.0 Å². The zero-order chi connectivity index (χ0) is 14.7. The Morgan fingerprint density at radius 1 is 1.32 bits per heavy atom. The molecule has 0 bridgehead atoms. The fourth-order valence-corrected chi connectivity index (χ4v) is 2.96. The number of Topliss-reactive ketones (excluding diaryl/α,β-unsaturated/α-hetero) is 1. The third-order valence-electron chi connectivity index (χ3n) is 4.98. The summed E-state index contributed by atoms with van der Waals surface area (Å²) in [5.41, 5.74) is -0.429. The molecule has 0 saturated heterocycles. The van der Waals surface area contributed by atoms with Crippen LogP contribution in [0.1, 0.15) is 59.3 Å². The lowest BCUT2D eigenvalue weighted by atomic mass is 9.72. The fraction of sp³-hybridized carbons (Fsp3) is 0.938. The van der Waals surface area contributed by atoms with Crippen molar-refractivity contribution in [3.63, 3.8) is 0 Å². The van der Waals surface area contributed by atoms with Gasteiger partial charge in [-0.15, -0.1) is 0 Å². The second kappa shape index (κ2) is 6.36. The van der Waals surface area contributed by atoms with Crippen molar-refractivity contribution >= 4 is 5.78 Å². The van der Waals surface area contributed by atoms with Crippen molar-refractivity contribution in [2.75, 3.05) is 21.2 Å². The maximum absolute atomic E-state index is 12.7. The van der Waals surface area contributed by atoms with E-state index < -0.39 is 0 Å². The number of nitrogens with zero attached hydrogens (tertiary/aromatic N) is 1. The maximum atomic E-state index is 12.7. The summed E-state index contributed by atoms with van der Waals surface area (Å²) >= 11 is 0. The van der Waals surface area contributed by atoms with Crippen molar-refractivity contribution in [2.24, 2.45) is 5.92 Å². The van der Waals surface area contributed by atoms with Crippen molar-refractivity contribution in [3.05, 3.63) is 0 Å². The molecule has 3 nitrogen and oxygen atoms in total. The molecule has 1 rings (SSSR count). The number of carbonyl (C=O) groups excluding carboxylic acids is 1. The van der Waals surface area contributed by atoms with E-state index in [-0.39, 0.29) is 11.1 Å². The van der Waals surface area contributed by atoms with Gasteiger partial charge in [0.2, 0.25) is 0 Å². The summed E-state index contributed by atoms with van der Waals surface area (Å²) in [6.45, 7) is 6.38. The van der Waals surface area contributed by atoms with E-state index in [1.165, 1.54) is 0 Å². The molecule has 112 valence electrons. The Labute approximate surface area is 118 Å². The summed E-state index contributed by atoms with van der Waals surface area (Å²) in [7, 11) is 5.82. The van der Waals surface area contributed by atoms with Crippen molar-refractivity contribution in [1.29, 1.82) is 0 Å². The Morgan fingerprint density at radius 3 is 2.26 bits per heavy atom. The van der Waals surface area contributed by atoms with E-state index in [0.29, 0.717) is 12.2 Å². The largest absolute Gasteiger partial charge is 0.379 e. The number of rotatable bonds is 6. The van der Waals surface area contributed by atoms with Crippen LogP contribution in [-0.2, 0) is 9.53 Å². The van der Waals surface area contributed by atoms with E-state index in [4.69, 9.17) is 4.74 Å². The predicted molar refractivity (Wildman–Crippen MR) is 79.4 cm³/mol. The summed E-state index contributed by atoms with van der Waals surface area (Å²) < 4.78 is 5.42. The molecule has 0 N–H and O–H groups in total. The van der Waals surface area contributed by atoms with Crippen LogP contribution >= 0.6 is 0 Å². The first-order valence-electron chi connectivity index (χ1n) is 7.49. The van der Waals surface area contributed by atoms with Crippen LogP contribution in [0.4, 0.5) is 0 Å². The molecule has 0 aliphatic heterocycles. The topological polar surface area (TPSA) is 29.5 Å². The number of hydrogen-bond acceptors (Lipinski definition) is 3. The van der Waals surface area contributed by atoms with Crippen LogP contribution in [0.5, 0.6) is 0 Å². The summed E-state index contributed by atoms with van der Waals surface area (Å²) in [4.78, 5) is 14.9. The first kappa shape index (κ1) is 16.6. The van der Waals surface area contributed by atoms with E-state index in [9.17, 15) is 4.79 Å². The van der Waals surface area contributed by atoms with Gasteiger partial charge in [0.15, 0.2) is 5.78 Å². The van der Waals surface area contributed by atoms with E-state index in [1.807, 2.05) is 13.8 Å². The van der Waals surface area contributed by atoms with Crippen molar-refractivity contribution in [3.8, 4) is 0 Å². The van der Waals surface area contributed by atoms with Gasteiger partial charge in [-0.1, -0.05) is 6.92 Å². The van der Waals surface area contributed by atoms with Gasteiger partial charge in [0.1, 0.15) is 0 Å². The molecule has 0 aromatic rings. The Bertz CT molecular complexity index is 302. The Hall–Kier alpha value is -0.410. The minimum atomic E-state index is -0.226. The first-order chi connectivity index (χ1) is 8.73. The molecule has 1 aliphatic rings. The molecular weight excluding hydrogens is 238 g/mol. The molecule has 0 radical (unpaired) electrons. The van der Waals surface area contributed by atoms with E-state index in [0.717, 1.165) is 38.0 Å². The standard InChI is InChI=1S/C16H31NO2/c1-13-7-11-16(12-8-13,17(4)5)14(18)9-10-15(2,3)19-6/h13H,7-12H2,1-6H3. The lowest BCUT2D eigenvalue weighted by Crippen LogP contribution is -2.53. The molecule has 1 aliphatic carbocycles. The molecule has 1 saturated carbocycles. The van der Waals surface area contributed by atoms with Crippen molar-refractivity contribution < 1.29 is 9.53 Å². The van der Waals surface area contributed by atoms with E-state index in [2.05, 4.69) is 25.9 Å². The molecule has 0 unspecified atom stereocenters. The highest BCUT2D eigenvalue weighted by molar-refractivity contribution is 5.88. The summed E-state index contributed by atoms with van der Waals surface area (Å²) in [5, 5.41) is 0. The number of carbonyl (C=O) groups is 1. The Balaban J connectivity index is 2.69. The van der Waals surface area contributed by atoms with Gasteiger partial charge in [-0.3, -0.25) is 9.69 Å². The highest BCUT2D eigenvalue weighted by Crippen LogP contribution is 2.37. The molecule has 0 aromatic carbocycles. The highest BCUT2D eigenvalue weighted by Gasteiger charge is 2.42. The minimum absolute atomic E-state index is 0.203. The van der Waals surface area contributed by atoms with Crippen molar-refractivity contribution in [1.82, 2.24) is 4.90 Å². The second-order valence-electron chi connectivity index (χ2n) is 7.00. The zero-order valence-corrected chi connectivity index (χ0v) is 13.6. The van der Waals surface area contributed by atoms with Crippen LogP contribution in [0.25, 0.3) is 0 Å². The van der Waals surface area contributed by atoms with Crippen LogP contribution in [0.2, 0.25) is 0 Å². The van der Waals surface area contributed by atoms with E-state index >= 15 is 0 Å². The van der Waals surface area contributed by atoms with Crippen LogP contribution in [0, 0.1) is 5.92 Å². The zero-order valence-electron chi connectivity index (χ0n) is 13.6. The van der Waals surface area contributed by atoms with Gasteiger partial charge in [0, 0.05) is 13.5 Å². The molecule has 0 amide bonds. The van der Waals surface area contributed by atoms with Crippen LogP contribution in [0.3, 0.4) is 0 Å². The average molecular weight is 269 g/mol. The molecule has 0 aromatic heterocycles. The molecule has 0 heterocycles. The number of likely N-dealkylation sites (N-methyl/N-ethyl adjacent to an activating group) is 1. The van der Waals surface area contributed by atoms with Crippen molar-refractivity contribution in [2.45, 2.75) is 70.4 Å². The average Bonchev–Trinajstić information content (AvgIpc) is 2.37. The maximum Gasteiger partial charge on any atom is 0.153 e. The number of ether oxygens (including phenoxy) is 1.